The maximum absolute atomic E-state index is 6.02. The van der Waals surface area contributed by atoms with Crippen molar-refractivity contribution < 1.29 is 0 Å². The van der Waals surface area contributed by atoms with Crippen LogP contribution < -0.4 is 5.73 Å². The molecule has 1 aliphatic heterocycles. The van der Waals surface area contributed by atoms with Crippen LogP contribution in [0.1, 0.15) is 12.5 Å². The largest absolute Gasteiger partial charge is 0.398 e. The van der Waals surface area contributed by atoms with Gasteiger partial charge in [-0.3, -0.25) is 4.90 Å². The maximum Gasteiger partial charge on any atom is 0.0371 e. The molecular weight excluding hydrogens is 284 g/mol. The lowest BCUT2D eigenvalue weighted by molar-refractivity contribution is 0.224. The molecule has 0 bridgehead atoms. The Morgan fingerprint density at radius 3 is 3.06 bits per heavy atom. The smallest absolute Gasteiger partial charge is 0.0371 e. The number of thioether (sulfide) groups is 1. The first kappa shape index (κ1) is 12.3. The SMILES string of the molecule is CC1CSCCN1Cc1c(N)cccc1Br. The van der Waals surface area contributed by atoms with Crippen LogP contribution in [0.2, 0.25) is 0 Å². The molecule has 2 rings (SSSR count). The van der Waals surface area contributed by atoms with Gasteiger partial charge in [-0.25, -0.2) is 0 Å². The Labute approximate surface area is 110 Å². The molecule has 0 saturated carbocycles. The molecule has 1 heterocycles. The van der Waals surface area contributed by atoms with Crippen molar-refractivity contribution in [2.24, 2.45) is 0 Å². The molecule has 0 aromatic heterocycles. The Balaban J connectivity index is 2.13. The van der Waals surface area contributed by atoms with Gasteiger partial charge in [0.1, 0.15) is 0 Å². The number of nitrogen functional groups attached to an aromatic ring is 1. The summed E-state index contributed by atoms with van der Waals surface area (Å²) in [5.41, 5.74) is 8.13. The Kier molecular flexibility index (Phi) is 4.16. The molecule has 1 fully saturated rings. The Bertz CT molecular complexity index is 350. The average molecular weight is 301 g/mol. The summed E-state index contributed by atoms with van der Waals surface area (Å²) in [4.78, 5) is 2.51. The molecule has 0 radical (unpaired) electrons. The van der Waals surface area contributed by atoms with Crippen LogP contribution in [0.3, 0.4) is 0 Å². The number of halogens is 1. The van der Waals surface area contributed by atoms with E-state index >= 15 is 0 Å². The van der Waals surface area contributed by atoms with Crippen molar-refractivity contribution in [3.05, 3.63) is 28.2 Å². The van der Waals surface area contributed by atoms with Crippen molar-refractivity contribution in [2.45, 2.75) is 19.5 Å². The van der Waals surface area contributed by atoms with E-state index in [1.54, 1.807) is 0 Å². The third kappa shape index (κ3) is 2.73. The monoisotopic (exact) mass is 300 g/mol. The summed E-state index contributed by atoms with van der Waals surface area (Å²) >= 11 is 5.62. The van der Waals surface area contributed by atoms with Gasteiger partial charge in [0.25, 0.3) is 0 Å². The lowest BCUT2D eigenvalue weighted by atomic mass is 10.1. The Hall–Kier alpha value is -0.190. The zero-order valence-electron chi connectivity index (χ0n) is 9.45. The molecule has 0 spiro atoms. The molecule has 16 heavy (non-hydrogen) atoms. The number of hydrogen-bond acceptors (Lipinski definition) is 3. The van der Waals surface area contributed by atoms with Gasteiger partial charge < -0.3 is 5.73 Å². The van der Waals surface area contributed by atoms with E-state index in [0.29, 0.717) is 6.04 Å². The molecular formula is C12H17BrN2S. The fraction of sp³-hybridized carbons (Fsp3) is 0.500. The van der Waals surface area contributed by atoms with Crippen molar-refractivity contribution in [1.82, 2.24) is 4.90 Å². The first-order valence-electron chi connectivity index (χ1n) is 5.53. The summed E-state index contributed by atoms with van der Waals surface area (Å²) in [7, 11) is 0. The number of hydrogen-bond donors (Lipinski definition) is 1. The van der Waals surface area contributed by atoms with Crippen LogP contribution in [-0.4, -0.2) is 29.0 Å². The van der Waals surface area contributed by atoms with E-state index in [-0.39, 0.29) is 0 Å². The fourth-order valence-electron chi connectivity index (χ4n) is 1.94. The van der Waals surface area contributed by atoms with Crippen LogP contribution in [0.25, 0.3) is 0 Å². The molecule has 1 unspecified atom stereocenters. The molecule has 88 valence electrons. The Morgan fingerprint density at radius 1 is 1.56 bits per heavy atom. The summed E-state index contributed by atoms with van der Waals surface area (Å²) in [6.45, 7) is 4.40. The van der Waals surface area contributed by atoms with Gasteiger partial charge in [-0.05, 0) is 19.1 Å². The van der Waals surface area contributed by atoms with Crippen molar-refractivity contribution in [1.29, 1.82) is 0 Å². The zero-order valence-corrected chi connectivity index (χ0v) is 11.9. The minimum Gasteiger partial charge on any atom is -0.398 e. The van der Waals surface area contributed by atoms with E-state index in [1.807, 2.05) is 23.9 Å². The first-order valence-corrected chi connectivity index (χ1v) is 7.48. The highest BCUT2D eigenvalue weighted by Gasteiger charge is 2.20. The van der Waals surface area contributed by atoms with Crippen molar-refractivity contribution in [3.8, 4) is 0 Å². The van der Waals surface area contributed by atoms with Gasteiger partial charge in [0, 0.05) is 46.4 Å². The highest BCUT2D eigenvalue weighted by Crippen LogP contribution is 2.26. The van der Waals surface area contributed by atoms with E-state index in [4.69, 9.17) is 5.73 Å². The van der Waals surface area contributed by atoms with E-state index in [1.165, 1.54) is 17.1 Å². The van der Waals surface area contributed by atoms with Crippen LogP contribution in [-0.2, 0) is 6.54 Å². The molecule has 2 nitrogen and oxygen atoms in total. The summed E-state index contributed by atoms with van der Waals surface area (Å²) < 4.78 is 1.12. The topological polar surface area (TPSA) is 29.3 Å². The van der Waals surface area contributed by atoms with E-state index < -0.39 is 0 Å². The number of anilines is 1. The minimum absolute atomic E-state index is 0.644. The van der Waals surface area contributed by atoms with Crippen molar-refractivity contribution >= 4 is 33.4 Å². The van der Waals surface area contributed by atoms with Crippen molar-refractivity contribution in [2.75, 3.05) is 23.8 Å². The second-order valence-electron chi connectivity index (χ2n) is 4.20. The predicted molar refractivity (Wildman–Crippen MR) is 75.8 cm³/mol. The zero-order chi connectivity index (χ0) is 11.5. The molecule has 0 amide bonds. The summed E-state index contributed by atoms with van der Waals surface area (Å²) in [5.74, 6) is 2.46. The summed E-state index contributed by atoms with van der Waals surface area (Å²) in [6.07, 6.45) is 0. The molecule has 1 aromatic carbocycles. The number of nitrogens with zero attached hydrogens (tertiary/aromatic N) is 1. The van der Waals surface area contributed by atoms with Crippen molar-refractivity contribution in [3.63, 3.8) is 0 Å². The highest BCUT2D eigenvalue weighted by molar-refractivity contribution is 9.10. The second-order valence-corrected chi connectivity index (χ2v) is 6.21. The van der Waals surface area contributed by atoms with Crippen LogP contribution in [0.5, 0.6) is 0 Å². The van der Waals surface area contributed by atoms with E-state index in [2.05, 4.69) is 33.8 Å². The number of benzene rings is 1. The summed E-state index contributed by atoms with van der Waals surface area (Å²) in [6, 6.07) is 6.67. The molecule has 1 saturated heterocycles. The molecule has 2 N–H and O–H groups in total. The minimum atomic E-state index is 0.644. The third-order valence-electron chi connectivity index (χ3n) is 3.02. The third-order valence-corrected chi connectivity index (χ3v) is 4.95. The van der Waals surface area contributed by atoms with Crippen LogP contribution in [0, 0.1) is 0 Å². The van der Waals surface area contributed by atoms with E-state index in [0.717, 1.165) is 23.2 Å². The fourth-order valence-corrected chi connectivity index (χ4v) is 3.53. The Morgan fingerprint density at radius 2 is 2.38 bits per heavy atom. The number of nitrogens with two attached hydrogens (primary N) is 1. The lowest BCUT2D eigenvalue weighted by Gasteiger charge is -2.33. The highest BCUT2D eigenvalue weighted by atomic mass is 79.9. The standard InChI is InChI=1S/C12H17BrN2S/c1-9-8-16-6-5-15(9)7-10-11(13)3-2-4-12(10)14/h2-4,9H,5-8,14H2,1H3. The van der Waals surface area contributed by atoms with Crippen LogP contribution in [0.15, 0.2) is 22.7 Å². The van der Waals surface area contributed by atoms with Crippen LogP contribution >= 0.6 is 27.7 Å². The quantitative estimate of drug-likeness (QED) is 0.852. The van der Waals surface area contributed by atoms with Gasteiger partial charge in [0.15, 0.2) is 0 Å². The maximum atomic E-state index is 6.02. The number of rotatable bonds is 2. The van der Waals surface area contributed by atoms with Gasteiger partial charge in [-0.15, -0.1) is 0 Å². The van der Waals surface area contributed by atoms with Gasteiger partial charge in [0.05, 0.1) is 0 Å². The summed E-state index contributed by atoms with van der Waals surface area (Å²) in [5, 5.41) is 0. The molecule has 1 aromatic rings. The van der Waals surface area contributed by atoms with E-state index in [9.17, 15) is 0 Å². The average Bonchev–Trinajstić information content (AvgIpc) is 2.26. The van der Waals surface area contributed by atoms with Gasteiger partial charge >= 0.3 is 0 Å². The predicted octanol–water partition coefficient (Wildman–Crippen LogP) is 2.97. The first-order chi connectivity index (χ1) is 7.68. The molecule has 1 aliphatic rings. The van der Waals surface area contributed by atoms with Gasteiger partial charge in [0.2, 0.25) is 0 Å². The van der Waals surface area contributed by atoms with Gasteiger partial charge in [-0.1, -0.05) is 22.0 Å². The van der Waals surface area contributed by atoms with Crippen LogP contribution in [0.4, 0.5) is 5.69 Å². The lowest BCUT2D eigenvalue weighted by Crippen LogP contribution is -2.39. The molecule has 4 heteroatoms. The molecule has 0 aliphatic carbocycles. The molecule has 1 atom stereocenters. The second kappa shape index (κ2) is 5.43. The normalized spacial score (nSPS) is 22.2. The van der Waals surface area contributed by atoms with Gasteiger partial charge in [-0.2, -0.15) is 11.8 Å².